The third-order valence-corrected chi connectivity index (χ3v) is 3.03. The predicted molar refractivity (Wildman–Crippen MR) is 64.6 cm³/mol. The highest BCUT2D eigenvalue weighted by Crippen LogP contribution is 2.37. The third-order valence-electron chi connectivity index (χ3n) is 3.03. The number of benzene rings is 1. The van der Waals surface area contributed by atoms with Gasteiger partial charge in [0.15, 0.2) is 0 Å². The fourth-order valence-corrected chi connectivity index (χ4v) is 1.98. The maximum absolute atomic E-state index is 12.7. The smallest absolute Gasteiger partial charge is 0.390 e. The Morgan fingerprint density at radius 1 is 1.26 bits per heavy atom. The van der Waals surface area contributed by atoms with Crippen molar-refractivity contribution in [3.05, 3.63) is 35.4 Å². The first-order chi connectivity index (χ1) is 8.75. The number of hydrogen-bond donors (Lipinski definition) is 1. The molecular formula is C13H16F3NO2. The lowest BCUT2D eigenvalue weighted by Crippen LogP contribution is -2.47. The van der Waals surface area contributed by atoms with E-state index in [1.165, 1.54) is 12.1 Å². The summed E-state index contributed by atoms with van der Waals surface area (Å²) < 4.78 is 42.7. The summed E-state index contributed by atoms with van der Waals surface area (Å²) in [5.41, 5.74) is 4.67. The van der Waals surface area contributed by atoms with E-state index in [1.54, 1.807) is 19.1 Å². The maximum atomic E-state index is 12.7. The van der Waals surface area contributed by atoms with Crippen molar-refractivity contribution in [1.82, 2.24) is 0 Å². The summed E-state index contributed by atoms with van der Waals surface area (Å²) in [7, 11) is 1.05. The highest BCUT2D eigenvalue weighted by molar-refractivity contribution is 5.83. The number of rotatable bonds is 4. The van der Waals surface area contributed by atoms with E-state index in [2.05, 4.69) is 4.74 Å². The Hall–Kier alpha value is -1.56. The summed E-state index contributed by atoms with van der Waals surface area (Å²) in [5.74, 6) is -0.976. The van der Waals surface area contributed by atoms with Crippen LogP contribution in [0.4, 0.5) is 13.2 Å². The van der Waals surface area contributed by atoms with Gasteiger partial charge >= 0.3 is 12.1 Å². The number of nitrogens with two attached hydrogens (primary N) is 1. The highest BCUT2D eigenvalue weighted by atomic mass is 19.4. The molecular weight excluding hydrogens is 259 g/mol. The monoisotopic (exact) mass is 275 g/mol. The normalized spacial score (nSPS) is 14.8. The Bertz CT molecular complexity index is 442. The van der Waals surface area contributed by atoms with Crippen molar-refractivity contribution in [2.45, 2.75) is 24.9 Å². The fourth-order valence-electron chi connectivity index (χ4n) is 1.98. The van der Waals surface area contributed by atoms with Crippen molar-refractivity contribution < 1.29 is 22.7 Å². The van der Waals surface area contributed by atoms with E-state index in [4.69, 9.17) is 5.73 Å². The van der Waals surface area contributed by atoms with E-state index in [1.807, 2.05) is 0 Å². The Morgan fingerprint density at radius 3 is 2.16 bits per heavy atom. The van der Waals surface area contributed by atoms with Gasteiger partial charge < -0.3 is 10.5 Å². The van der Waals surface area contributed by atoms with E-state index in [0.717, 1.165) is 12.7 Å². The standard InChI is InChI=1S/C13H16F3NO2/c1-9-3-5-10(6-4-9)12(8-17,11(18)19-2)7-13(14,15)16/h3-6H,7-8,17H2,1-2H3. The van der Waals surface area contributed by atoms with Crippen LogP contribution >= 0.6 is 0 Å². The Morgan fingerprint density at radius 2 is 1.79 bits per heavy atom. The van der Waals surface area contributed by atoms with Gasteiger partial charge in [-0.3, -0.25) is 4.79 Å². The van der Waals surface area contributed by atoms with Crippen LogP contribution in [0.3, 0.4) is 0 Å². The molecule has 0 saturated heterocycles. The van der Waals surface area contributed by atoms with Gasteiger partial charge in [-0.05, 0) is 12.5 Å². The molecule has 0 heterocycles. The number of methoxy groups -OCH3 is 1. The molecule has 0 aliphatic heterocycles. The molecule has 0 fully saturated rings. The van der Waals surface area contributed by atoms with E-state index < -0.39 is 30.5 Å². The van der Waals surface area contributed by atoms with Crippen LogP contribution in [0.15, 0.2) is 24.3 Å². The van der Waals surface area contributed by atoms with Gasteiger partial charge in [-0.15, -0.1) is 0 Å². The number of halogens is 3. The van der Waals surface area contributed by atoms with Crippen LogP contribution in [0.1, 0.15) is 17.5 Å². The van der Waals surface area contributed by atoms with Gasteiger partial charge in [0.05, 0.1) is 13.5 Å². The first-order valence-corrected chi connectivity index (χ1v) is 5.67. The molecule has 1 unspecified atom stereocenters. The maximum Gasteiger partial charge on any atom is 0.390 e. The number of ether oxygens (including phenoxy) is 1. The molecule has 19 heavy (non-hydrogen) atoms. The number of esters is 1. The van der Waals surface area contributed by atoms with Gasteiger partial charge in [0.25, 0.3) is 0 Å². The zero-order valence-corrected chi connectivity index (χ0v) is 10.8. The second-order valence-electron chi connectivity index (χ2n) is 4.44. The highest BCUT2D eigenvalue weighted by Gasteiger charge is 2.49. The first-order valence-electron chi connectivity index (χ1n) is 5.67. The molecule has 0 spiro atoms. The van der Waals surface area contributed by atoms with Crippen LogP contribution in [0.5, 0.6) is 0 Å². The topological polar surface area (TPSA) is 52.3 Å². The van der Waals surface area contributed by atoms with E-state index in [0.29, 0.717) is 0 Å². The van der Waals surface area contributed by atoms with Gasteiger partial charge in [-0.25, -0.2) is 0 Å². The molecule has 0 aliphatic rings. The number of carbonyl (C=O) groups excluding carboxylic acids is 1. The fraction of sp³-hybridized carbons (Fsp3) is 0.462. The first kappa shape index (κ1) is 15.5. The molecule has 1 aromatic carbocycles. The molecule has 0 bridgehead atoms. The van der Waals surface area contributed by atoms with Gasteiger partial charge in [0.2, 0.25) is 0 Å². The van der Waals surface area contributed by atoms with Crippen LogP contribution in [0, 0.1) is 6.92 Å². The number of carbonyl (C=O) groups is 1. The lowest BCUT2D eigenvalue weighted by molar-refractivity contribution is -0.169. The van der Waals surface area contributed by atoms with Crippen molar-refractivity contribution in [1.29, 1.82) is 0 Å². The average Bonchev–Trinajstić information content (AvgIpc) is 2.35. The summed E-state index contributed by atoms with van der Waals surface area (Å²) in [4.78, 5) is 11.8. The van der Waals surface area contributed by atoms with Crippen molar-refractivity contribution in [3.63, 3.8) is 0 Å². The predicted octanol–water partition coefficient (Wildman–Crippen LogP) is 2.32. The molecule has 2 N–H and O–H groups in total. The van der Waals surface area contributed by atoms with Crippen molar-refractivity contribution in [2.75, 3.05) is 13.7 Å². The largest absolute Gasteiger partial charge is 0.468 e. The number of alkyl halides is 3. The van der Waals surface area contributed by atoms with Gasteiger partial charge in [-0.2, -0.15) is 13.2 Å². The Labute approximate surface area is 109 Å². The molecule has 1 atom stereocenters. The molecule has 106 valence electrons. The Kier molecular flexibility index (Phi) is 4.57. The van der Waals surface area contributed by atoms with E-state index >= 15 is 0 Å². The van der Waals surface area contributed by atoms with Gasteiger partial charge in [-0.1, -0.05) is 29.8 Å². The van der Waals surface area contributed by atoms with Crippen molar-refractivity contribution in [3.8, 4) is 0 Å². The zero-order valence-electron chi connectivity index (χ0n) is 10.8. The minimum absolute atomic E-state index is 0.213. The summed E-state index contributed by atoms with van der Waals surface area (Å²) in [5, 5.41) is 0. The summed E-state index contributed by atoms with van der Waals surface area (Å²) in [6.45, 7) is 1.33. The lowest BCUT2D eigenvalue weighted by atomic mass is 9.77. The summed E-state index contributed by atoms with van der Waals surface area (Å²) in [6, 6.07) is 6.23. The minimum Gasteiger partial charge on any atom is -0.468 e. The molecule has 0 amide bonds. The van der Waals surface area contributed by atoms with Crippen molar-refractivity contribution >= 4 is 5.97 Å². The zero-order chi connectivity index (χ0) is 14.7. The summed E-state index contributed by atoms with van der Waals surface area (Å²) >= 11 is 0. The van der Waals surface area contributed by atoms with Crippen molar-refractivity contribution in [2.24, 2.45) is 5.73 Å². The molecule has 6 heteroatoms. The third kappa shape index (κ3) is 3.47. The van der Waals surface area contributed by atoms with Gasteiger partial charge in [0.1, 0.15) is 5.41 Å². The van der Waals surface area contributed by atoms with E-state index in [-0.39, 0.29) is 5.56 Å². The number of hydrogen-bond acceptors (Lipinski definition) is 3. The second-order valence-corrected chi connectivity index (χ2v) is 4.44. The second kappa shape index (κ2) is 5.61. The molecule has 0 aromatic heterocycles. The van der Waals surface area contributed by atoms with Crippen LogP contribution in [0.2, 0.25) is 0 Å². The van der Waals surface area contributed by atoms with Crippen LogP contribution < -0.4 is 5.73 Å². The van der Waals surface area contributed by atoms with Gasteiger partial charge in [0, 0.05) is 6.54 Å². The Balaban J connectivity index is 3.31. The quantitative estimate of drug-likeness (QED) is 0.858. The lowest BCUT2D eigenvalue weighted by Gasteiger charge is -2.31. The molecule has 1 aromatic rings. The molecule has 0 radical (unpaired) electrons. The molecule has 3 nitrogen and oxygen atoms in total. The SMILES string of the molecule is COC(=O)C(CN)(CC(F)(F)F)c1ccc(C)cc1. The average molecular weight is 275 g/mol. The molecule has 0 saturated carbocycles. The summed E-state index contributed by atoms with van der Waals surface area (Å²) in [6.07, 6.45) is -5.86. The molecule has 0 aliphatic carbocycles. The van der Waals surface area contributed by atoms with Crippen LogP contribution in [-0.4, -0.2) is 25.8 Å². The van der Waals surface area contributed by atoms with Crippen LogP contribution in [0.25, 0.3) is 0 Å². The molecule has 1 rings (SSSR count). The minimum atomic E-state index is -4.52. The van der Waals surface area contributed by atoms with E-state index in [9.17, 15) is 18.0 Å². The van der Waals surface area contributed by atoms with Crippen LogP contribution in [-0.2, 0) is 14.9 Å². The number of aryl methyl sites for hydroxylation is 1.